The fourth-order valence-electron chi connectivity index (χ4n) is 1.98. The van der Waals surface area contributed by atoms with Crippen molar-refractivity contribution in [2.24, 2.45) is 5.92 Å². The zero-order chi connectivity index (χ0) is 13.4. The Morgan fingerprint density at radius 3 is 2.39 bits per heavy atom. The SMILES string of the molecule is CCC(C)CN(CC)CCNc1ccc(C)cc1. The number of nitrogens with one attached hydrogen (secondary N) is 1. The molecule has 2 heteroatoms. The summed E-state index contributed by atoms with van der Waals surface area (Å²) in [5, 5.41) is 3.49. The van der Waals surface area contributed by atoms with Crippen molar-refractivity contribution < 1.29 is 0 Å². The highest BCUT2D eigenvalue weighted by atomic mass is 15.1. The number of hydrogen-bond acceptors (Lipinski definition) is 2. The van der Waals surface area contributed by atoms with E-state index in [0.717, 1.165) is 25.6 Å². The summed E-state index contributed by atoms with van der Waals surface area (Å²) < 4.78 is 0. The average molecular weight is 248 g/mol. The van der Waals surface area contributed by atoms with E-state index >= 15 is 0 Å². The molecule has 1 atom stereocenters. The molecule has 0 heterocycles. The van der Waals surface area contributed by atoms with Gasteiger partial charge in [-0.1, -0.05) is 44.9 Å². The van der Waals surface area contributed by atoms with E-state index in [1.54, 1.807) is 0 Å². The van der Waals surface area contributed by atoms with E-state index in [-0.39, 0.29) is 0 Å². The number of hydrogen-bond donors (Lipinski definition) is 1. The predicted octanol–water partition coefficient (Wildman–Crippen LogP) is 3.77. The van der Waals surface area contributed by atoms with Crippen molar-refractivity contribution in [1.29, 1.82) is 0 Å². The van der Waals surface area contributed by atoms with E-state index in [1.807, 2.05) is 0 Å². The van der Waals surface area contributed by atoms with E-state index < -0.39 is 0 Å². The Balaban J connectivity index is 2.28. The van der Waals surface area contributed by atoms with Gasteiger partial charge in [0.05, 0.1) is 0 Å². The summed E-state index contributed by atoms with van der Waals surface area (Å²) in [6, 6.07) is 8.61. The molecule has 0 spiro atoms. The molecule has 18 heavy (non-hydrogen) atoms. The van der Waals surface area contributed by atoms with Crippen LogP contribution in [0.15, 0.2) is 24.3 Å². The van der Waals surface area contributed by atoms with Gasteiger partial charge in [0.1, 0.15) is 0 Å². The third-order valence-corrected chi connectivity index (χ3v) is 3.52. The first kappa shape index (κ1) is 15.0. The molecule has 1 aromatic carbocycles. The van der Waals surface area contributed by atoms with Crippen molar-refractivity contribution in [2.45, 2.75) is 34.1 Å². The largest absolute Gasteiger partial charge is 0.384 e. The Morgan fingerprint density at radius 1 is 1.17 bits per heavy atom. The van der Waals surface area contributed by atoms with E-state index in [2.05, 4.69) is 62.2 Å². The molecule has 0 bridgehead atoms. The Bertz CT molecular complexity index is 318. The van der Waals surface area contributed by atoms with Crippen LogP contribution in [-0.4, -0.2) is 31.1 Å². The van der Waals surface area contributed by atoms with Gasteiger partial charge < -0.3 is 10.2 Å². The third kappa shape index (κ3) is 5.54. The number of anilines is 1. The third-order valence-electron chi connectivity index (χ3n) is 3.52. The molecule has 0 saturated heterocycles. The smallest absolute Gasteiger partial charge is 0.0340 e. The zero-order valence-corrected chi connectivity index (χ0v) is 12.4. The number of aryl methyl sites for hydroxylation is 1. The second-order valence-electron chi connectivity index (χ2n) is 5.20. The van der Waals surface area contributed by atoms with Crippen LogP contribution >= 0.6 is 0 Å². The molecule has 0 radical (unpaired) electrons. The highest BCUT2D eigenvalue weighted by molar-refractivity contribution is 5.44. The van der Waals surface area contributed by atoms with Crippen LogP contribution in [0, 0.1) is 12.8 Å². The van der Waals surface area contributed by atoms with Gasteiger partial charge in [-0.2, -0.15) is 0 Å². The lowest BCUT2D eigenvalue weighted by Gasteiger charge is -2.24. The van der Waals surface area contributed by atoms with E-state index in [1.165, 1.54) is 24.2 Å². The first-order valence-corrected chi connectivity index (χ1v) is 7.18. The summed E-state index contributed by atoms with van der Waals surface area (Å²) in [4.78, 5) is 2.52. The molecule has 0 aliphatic rings. The minimum atomic E-state index is 0.796. The van der Waals surface area contributed by atoms with Crippen LogP contribution in [-0.2, 0) is 0 Å². The summed E-state index contributed by atoms with van der Waals surface area (Å²) in [5.41, 5.74) is 2.53. The van der Waals surface area contributed by atoms with Gasteiger partial charge in [-0.15, -0.1) is 0 Å². The van der Waals surface area contributed by atoms with Crippen molar-refractivity contribution in [3.8, 4) is 0 Å². The standard InChI is InChI=1S/C16H28N2/c1-5-14(3)13-18(6-2)12-11-17-16-9-7-15(4)8-10-16/h7-10,14,17H,5-6,11-13H2,1-4H3. The normalized spacial score (nSPS) is 12.7. The molecular weight excluding hydrogens is 220 g/mol. The van der Waals surface area contributed by atoms with Crippen molar-refractivity contribution in [3.63, 3.8) is 0 Å². The van der Waals surface area contributed by atoms with Crippen LogP contribution in [0.4, 0.5) is 5.69 Å². The monoisotopic (exact) mass is 248 g/mol. The highest BCUT2D eigenvalue weighted by Gasteiger charge is 2.06. The molecule has 0 aliphatic carbocycles. The Kier molecular flexibility index (Phi) is 6.81. The van der Waals surface area contributed by atoms with Crippen molar-refractivity contribution >= 4 is 5.69 Å². The molecule has 0 aromatic heterocycles. The first-order valence-electron chi connectivity index (χ1n) is 7.18. The van der Waals surface area contributed by atoms with Gasteiger partial charge in [-0.25, -0.2) is 0 Å². The first-order chi connectivity index (χ1) is 8.65. The molecule has 2 nitrogen and oxygen atoms in total. The van der Waals surface area contributed by atoms with Gasteiger partial charge >= 0.3 is 0 Å². The molecule has 1 N–H and O–H groups in total. The molecule has 102 valence electrons. The topological polar surface area (TPSA) is 15.3 Å². The van der Waals surface area contributed by atoms with Gasteiger partial charge in [0.15, 0.2) is 0 Å². The second kappa shape index (κ2) is 8.15. The van der Waals surface area contributed by atoms with Gasteiger partial charge in [0.2, 0.25) is 0 Å². The summed E-state index contributed by atoms with van der Waals surface area (Å²) >= 11 is 0. The lowest BCUT2D eigenvalue weighted by molar-refractivity contribution is 0.254. The summed E-state index contributed by atoms with van der Waals surface area (Å²) in [6.07, 6.45) is 1.27. The lowest BCUT2D eigenvalue weighted by atomic mass is 10.1. The van der Waals surface area contributed by atoms with Crippen LogP contribution in [0.25, 0.3) is 0 Å². The summed E-state index contributed by atoms with van der Waals surface area (Å²) in [5.74, 6) is 0.796. The quantitative estimate of drug-likeness (QED) is 0.753. The molecular formula is C16H28N2. The van der Waals surface area contributed by atoms with Gasteiger partial charge in [-0.3, -0.25) is 0 Å². The molecule has 0 amide bonds. The number of benzene rings is 1. The van der Waals surface area contributed by atoms with Crippen molar-refractivity contribution in [1.82, 2.24) is 4.90 Å². The molecule has 0 aliphatic heterocycles. The van der Waals surface area contributed by atoms with Crippen molar-refractivity contribution in [2.75, 3.05) is 31.5 Å². The molecule has 0 fully saturated rings. The van der Waals surface area contributed by atoms with Crippen LogP contribution in [0.3, 0.4) is 0 Å². The number of likely N-dealkylation sites (N-methyl/N-ethyl adjacent to an activating group) is 1. The van der Waals surface area contributed by atoms with Gasteiger partial charge in [0, 0.05) is 25.3 Å². The maximum atomic E-state index is 3.49. The zero-order valence-electron chi connectivity index (χ0n) is 12.4. The fraction of sp³-hybridized carbons (Fsp3) is 0.625. The maximum absolute atomic E-state index is 3.49. The highest BCUT2D eigenvalue weighted by Crippen LogP contribution is 2.08. The van der Waals surface area contributed by atoms with E-state index in [9.17, 15) is 0 Å². The fourth-order valence-corrected chi connectivity index (χ4v) is 1.98. The second-order valence-corrected chi connectivity index (χ2v) is 5.20. The maximum Gasteiger partial charge on any atom is 0.0340 e. The number of nitrogens with zero attached hydrogens (tertiary/aromatic N) is 1. The molecule has 0 saturated carbocycles. The predicted molar refractivity (Wildman–Crippen MR) is 81.2 cm³/mol. The molecule has 1 unspecified atom stereocenters. The lowest BCUT2D eigenvalue weighted by Crippen LogP contribution is -2.32. The number of rotatable bonds is 8. The minimum Gasteiger partial charge on any atom is -0.384 e. The van der Waals surface area contributed by atoms with Crippen LogP contribution in [0.1, 0.15) is 32.8 Å². The summed E-state index contributed by atoms with van der Waals surface area (Å²) in [7, 11) is 0. The van der Waals surface area contributed by atoms with Crippen LogP contribution in [0.5, 0.6) is 0 Å². The van der Waals surface area contributed by atoms with Gasteiger partial charge in [0.25, 0.3) is 0 Å². The van der Waals surface area contributed by atoms with Gasteiger partial charge in [-0.05, 0) is 31.5 Å². The van der Waals surface area contributed by atoms with E-state index in [4.69, 9.17) is 0 Å². The minimum absolute atomic E-state index is 0.796. The Labute approximate surface area is 112 Å². The Hall–Kier alpha value is -1.02. The van der Waals surface area contributed by atoms with E-state index in [0.29, 0.717) is 0 Å². The summed E-state index contributed by atoms with van der Waals surface area (Å²) in [6.45, 7) is 13.5. The molecule has 1 aromatic rings. The Morgan fingerprint density at radius 2 is 1.83 bits per heavy atom. The molecule has 1 rings (SSSR count). The van der Waals surface area contributed by atoms with Crippen LogP contribution < -0.4 is 5.32 Å². The average Bonchev–Trinajstić information content (AvgIpc) is 2.39. The van der Waals surface area contributed by atoms with Crippen LogP contribution in [0.2, 0.25) is 0 Å². The van der Waals surface area contributed by atoms with Crippen molar-refractivity contribution in [3.05, 3.63) is 29.8 Å².